The van der Waals surface area contributed by atoms with Crippen molar-refractivity contribution in [1.82, 2.24) is 29.6 Å². The van der Waals surface area contributed by atoms with Crippen molar-refractivity contribution in [2.45, 2.75) is 13.8 Å². The van der Waals surface area contributed by atoms with Crippen LogP contribution < -0.4 is 15.0 Å². The Morgan fingerprint density at radius 1 is 0.973 bits per heavy atom. The standard InChI is InChI=1S/C27H30N8O2/c1-18-8-9-28-24(14-18)31-25-17-26(30-19(2)29-25)34-10-12-35(13-11-34)27(36)23-16-22(32-33(23)3)20-6-5-7-21(15-20)37-4/h5-9,14-17H,10-13H2,1-4H3,(H,28,29,30,31). The SMILES string of the molecule is COc1cccc(-c2cc(C(=O)N3CCN(c4cc(Nc5cc(C)ccn5)nc(C)n4)CC3)n(C)n2)c1. The molecule has 4 aromatic rings. The van der Waals surface area contributed by atoms with E-state index in [1.54, 1.807) is 25.0 Å². The van der Waals surface area contributed by atoms with Crippen LogP contribution in [0.25, 0.3) is 11.3 Å². The fourth-order valence-corrected chi connectivity index (χ4v) is 4.41. The number of carbonyl (C=O) groups excluding carboxylic acids is 1. The van der Waals surface area contributed by atoms with Crippen molar-refractivity contribution < 1.29 is 9.53 Å². The molecule has 1 fully saturated rings. The van der Waals surface area contributed by atoms with Gasteiger partial charge in [0, 0.05) is 51.1 Å². The smallest absolute Gasteiger partial charge is 0.272 e. The van der Waals surface area contributed by atoms with Gasteiger partial charge in [0.15, 0.2) is 0 Å². The molecule has 1 saturated heterocycles. The van der Waals surface area contributed by atoms with Gasteiger partial charge in [0.1, 0.15) is 34.7 Å². The van der Waals surface area contributed by atoms with Gasteiger partial charge in [-0.15, -0.1) is 0 Å². The number of aryl methyl sites for hydroxylation is 3. The van der Waals surface area contributed by atoms with Gasteiger partial charge in [0.25, 0.3) is 5.91 Å². The first-order chi connectivity index (χ1) is 17.9. The Balaban J connectivity index is 1.26. The number of amides is 1. The number of rotatable bonds is 6. The maximum atomic E-state index is 13.3. The molecule has 0 bridgehead atoms. The number of benzene rings is 1. The third-order valence-corrected chi connectivity index (χ3v) is 6.35. The summed E-state index contributed by atoms with van der Waals surface area (Å²) < 4.78 is 6.97. The van der Waals surface area contributed by atoms with Crippen molar-refractivity contribution in [3.63, 3.8) is 0 Å². The number of hydrogen-bond acceptors (Lipinski definition) is 8. The molecule has 0 atom stereocenters. The monoisotopic (exact) mass is 498 g/mol. The normalized spacial score (nSPS) is 13.5. The van der Waals surface area contributed by atoms with Crippen LogP contribution in [-0.4, -0.2) is 68.8 Å². The summed E-state index contributed by atoms with van der Waals surface area (Å²) in [4.78, 5) is 30.9. The van der Waals surface area contributed by atoms with E-state index in [0.29, 0.717) is 43.5 Å². The molecule has 0 spiro atoms. The average molecular weight is 499 g/mol. The molecule has 0 radical (unpaired) electrons. The number of nitrogens with one attached hydrogen (secondary N) is 1. The van der Waals surface area contributed by atoms with Gasteiger partial charge < -0.3 is 19.9 Å². The third-order valence-electron chi connectivity index (χ3n) is 6.35. The number of pyridine rings is 1. The Kier molecular flexibility index (Phi) is 6.72. The predicted octanol–water partition coefficient (Wildman–Crippen LogP) is 3.60. The number of aromatic nitrogens is 5. The average Bonchev–Trinajstić information content (AvgIpc) is 3.29. The minimum atomic E-state index is -0.0319. The second-order valence-electron chi connectivity index (χ2n) is 9.05. The van der Waals surface area contributed by atoms with Crippen LogP contribution in [-0.2, 0) is 7.05 Å². The van der Waals surface area contributed by atoms with E-state index in [4.69, 9.17) is 4.74 Å². The molecule has 1 amide bonds. The lowest BCUT2D eigenvalue weighted by atomic mass is 10.1. The quantitative estimate of drug-likeness (QED) is 0.430. The van der Waals surface area contributed by atoms with E-state index < -0.39 is 0 Å². The molecule has 37 heavy (non-hydrogen) atoms. The van der Waals surface area contributed by atoms with Crippen LogP contribution in [0.1, 0.15) is 21.9 Å². The second-order valence-corrected chi connectivity index (χ2v) is 9.05. The molecule has 10 nitrogen and oxygen atoms in total. The Bertz CT molecular complexity index is 1430. The summed E-state index contributed by atoms with van der Waals surface area (Å²) in [5.41, 5.74) is 3.32. The van der Waals surface area contributed by atoms with E-state index in [1.807, 2.05) is 67.3 Å². The number of anilines is 3. The van der Waals surface area contributed by atoms with Gasteiger partial charge in [-0.3, -0.25) is 9.48 Å². The molecule has 4 heterocycles. The van der Waals surface area contributed by atoms with Gasteiger partial charge in [-0.25, -0.2) is 15.0 Å². The highest BCUT2D eigenvalue weighted by molar-refractivity contribution is 5.94. The van der Waals surface area contributed by atoms with Gasteiger partial charge in [-0.1, -0.05) is 12.1 Å². The van der Waals surface area contributed by atoms with Crippen LogP contribution in [0.3, 0.4) is 0 Å². The number of hydrogen-bond donors (Lipinski definition) is 1. The fraction of sp³-hybridized carbons (Fsp3) is 0.296. The van der Waals surface area contributed by atoms with E-state index in [0.717, 1.165) is 34.2 Å². The summed E-state index contributed by atoms with van der Waals surface area (Å²) in [5.74, 6) is 3.65. The van der Waals surface area contributed by atoms with Crippen molar-refractivity contribution in [3.05, 3.63) is 71.8 Å². The molecular weight excluding hydrogens is 468 g/mol. The molecule has 190 valence electrons. The van der Waals surface area contributed by atoms with Crippen molar-refractivity contribution >= 4 is 23.4 Å². The molecule has 10 heteroatoms. The van der Waals surface area contributed by atoms with Gasteiger partial charge in [-0.2, -0.15) is 5.10 Å². The van der Waals surface area contributed by atoms with Crippen molar-refractivity contribution in [2.75, 3.05) is 43.5 Å². The summed E-state index contributed by atoms with van der Waals surface area (Å²) in [7, 11) is 3.43. The highest BCUT2D eigenvalue weighted by atomic mass is 16.5. The van der Waals surface area contributed by atoms with Crippen LogP contribution in [0.5, 0.6) is 5.75 Å². The molecule has 1 aliphatic heterocycles. The van der Waals surface area contributed by atoms with E-state index in [1.165, 1.54) is 0 Å². The largest absolute Gasteiger partial charge is 0.497 e. The first-order valence-electron chi connectivity index (χ1n) is 12.2. The first kappa shape index (κ1) is 24.2. The summed E-state index contributed by atoms with van der Waals surface area (Å²) >= 11 is 0. The molecule has 1 aliphatic rings. The minimum absolute atomic E-state index is 0.0319. The Hall–Kier alpha value is -4.47. The zero-order valence-corrected chi connectivity index (χ0v) is 21.5. The molecule has 0 aliphatic carbocycles. The van der Waals surface area contributed by atoms with Gasteiger partial charge in [0.05, 0.1) is 12.8 Å². The van der Waals surface area contributed by atoms with Crippen molar-refractivity contribution in [3.8, 4) is 17.0 Å². The lowest BCUT2D eigenvalue weighted by Gasteiger charge is -2.35. The maximum absolute atomic E-state index is 13.3. The predicted molar refractivity (Wildman–Crippen MR) is 142 cm³/mol. The molecular formula is C27H30N8O2. The Labute approximate surface area is 215 Å². The van der Waals surface area contributed by atoms with E-state index >= 15 is 0 Å². The highest BCUT2D eigenvalue weighted by Crippen LogP contribution is 2.25. The molecule has 0 saturated carbocycles. The molecule has 1 N–H and O–H groups in total. The van der Waals surface area contributed by atoms with Gasteiger partial charge in [-0.05, 0) is 49.7 Å². The number of nitrogens with zero attached hydrogens (tertiary/aromatic N) is 7. The second kappa shape index (κ2) is 10.3. The summed E-state index contributed by atoms with van der Waals surface area (Å²) in [6.07, 6.45) is 1.77. The summed E-state index contributed by atoms with van der Waals surface area (Å²) in [6.45, 7) is 6.42. The topological polar surface area (TPSA) is 101 Å². The van der Waals surface area contributed by atoms with Gasteiger partial charge in [0.2, 0.25) is 0 Å². The fourth-order valence-electron chi connectivity index (χ4n) is 4.41. The molecule has 1 aromatic carbocycles. The number of piperazine rings is 1. The highest BCUT2D eigenvalue weighted by Gasteiger charge is 2.26. The zero-order valence-electron chi connectivity index (χ0n) is 21.5. The van der Waals surface area contributed by atoms with Crippen LogP contribution in [0.4, 0.5) is 17.5 Å². The van der Waals surface area contributed by atoms with Crippen LogP contribution in [0, 0.1) is 13.8 Å². The van der Waals surface area contributed by atoms with Crippen LogP contribution in [0.15, 0.2) is 54.7 Å². The minimum Gasteiger partial charge on any atom is -0.497 e. The van der Waals surface area contributed by atoms with Crippen molar-refractivity contribution in [1.29, 1.82) is 0 Å². The third kappa shape index (κ3) is 5.37. The Morgan fingerprint density at radius 2 is 1.78 bits per heavy atom. The van der Waals surface area contributed by atoms with E-state index in [-0.39, 0.29) is 5.91 Å². The van der Waals surface area contributed by atoms with Crippen LogP contribution in [0.2, 0.25) is 0 Å². The first-order valence-corrected chi connectivity index (χ1v) is 12.2. The summed E-state index contributed by atoms with van der Waals surface area (Å²) in [6, 6.07) is 15.4. The van der Waals surface area contributed by atoms with Gasteiger partial charge >= 0.3 is 0 Å². The molecule has 0 unspecified atom stereocenters. The number of ether oxygens (including phenoxy) is 1. The lowest BCUT2D eigenvalue weighted by molar-refractivity contribution is 0.0735. The van der Waals surface area contributed by atoms with E-state index in [9.17, 15) is 4.79 Å². The van der Waals surface area contributed by atoms with E-state index in [2.05, 4.69) is 30.3 Å². The maximum Gasteiger partial charge on any atom is 0.272 e. The number of carbonyl (C=O) groups is 1. The zero-order chi connectivity index (χ0) is 25.9. The molecule has 3 aromatic heterocycles. The Morgan fingerprint density at radius 3 is 2.54 bits per heavy atom. The van der Waals surface area contributed by atoms with Crippen molar-refractivity contribution in [2.24, 2.45) is 7.05 Å². The lowest BCUT2D eigenvalue weighted by Crippen LogP contribution is -2.49. The molecule has 5 rings (SSSR count). The number of methoxy groups -OCH3 is 1. The van der Waals surface area contributed by atoms with Crippen LogP contribution >= 0.6 is 0 Å². The summed E-state index contributed by atoms with van der Waals surface area (Å²) in [5, 5.41) is 7.84.